The quantitative estimate of drug-likeness (QED) is 0.908. The number of nitrogens with zero attached hydrogens (tertiary/aromatic N) is 1. The largest absolute Gasteiger partial charge is 0.405 e. The first-order valence-electron chi connectivity index (χ1n) is 4.81. The molecule has 17 heavy (non-hydrogen) atoms. The second-order valence-electron chi connectivity index (χ2n) is 3.46. The van der Waals surface area contributed by atoms with Gasteiger partial charge in [-0.15, -0.1) is 0 Å². The van der Waals surface area contributed by atoms with Crippen molar-refractivity contribution in [1.29, 1.82) is 0 Å². The first-order valence-corrected chi connectivity index (χ1v) is 5.60. The summed E-state index contributed by atoms with van der Waals surface area (Å²) in [6, 6.07) is 7.06. The number of benzene rings is 1. The number of hydrogen-bond donors (Lipinski definition) is 1. The van der Waals surface area contributed by atoms with Crippen LogP contribution in [0.2, 0.25) is 0 Å². The number of pyridine rings is 1. The van der Waals surface area contributed by atoms with Gasteiger partial charge in [0.05, 0.1) is 0 Å². The molecule has 2 nitrogen and oxygen atoms in total. The van der Waals surface area contributed by atoms with Crippen molar-refractivity contribution in [3.63, 3.8) is 0 Å². The fourth-order valence-electron chi connectivity index (χ4n) is 1.49. The van der Waals surface area contributed by atoms with Crippen LogP contribution in [0.3, 0.4) is 0 Å². The van der Waals surface area contributed by atoms with E-state index >= 15 is 0 Å². The van der Waals surface area contributed by atoms with Gasteiger partial charge in [0, 0.05) is 21.4 Å². The highest BCUT2D eigenvalue weighted by Crippen LogP contribution is 2.28. The average Bonchev–Trinajstić information content (AvgIpc) is 2.26. The molecule has 1 N–H and O–H groups in total. The average molecular weight is 305 g/mol. The Morgan fingerprint density at radius 3 is 2.65 bits per heavy atom. The summed E-state index contributed by atoms with van der Waals surface area (Å²) in [7, 11) is 0. The summed E-state index contributed by atoms with van der Waals surface area (Å²) in [4.78, 5) is 3.92. The van der Waals surface area contributed by atoms with Gasteiger partial charge in [0.15, 0.2) is 0 Å². The normalized spacial score (nSPS) is 11.8. The smallest absolute Gasteiger partial charge is 0.361 e. The SMILES string of the molecule is FC(F)(F)CNc1nccc2c(Br)cccc12. The van der Waals surface area contributed by atoms with E-state index in [2.05, 4.69) is 26.2 Å². The second-order valence-corrected chi connectivity index (χ2v) is 4.32. The Bertz CT molecular complexity index is 540. The zero-order valence-electron chi connectivity index (χ0n) is 8.55. The maximum atomic E-state index is 12.1. The fourth-order valence-corrected chi connectivity index (χ4v) is 1.99. The molecule has 0 aliphatic heterocycles. The molecular formula is C11H8BrF3N2. The standard InChI is InChI=1S/C11H8BrF3N2/c12-9-3-1-2-8-7(9)4-5-16-10(8)17-6-11(13,14)15/h1-5H,6H2,(H,16,17). The minimum absolute atomic E-state index is 0.237. The molecule has 0 aliphatic rings. The van der Waals surface area contributed by atoms with Crippen LogP contribution in [-0.4, -0.2) is 17.7 Å². The van der Waals surface area contributed by atoms with Crippen molar-refractivity contribution in [3.05, 3.63) is 34.9 Å². The molecule has 2 aromatic rings. The lowest BCUT2D eigenvalue weighted by Gasteiger charge is -2.11. The van der Waals surface area contributed by atoms with E-state index in [0.29, 0.717) is 5.39 Å². The maximum absolute atomic E-state index is 12.1. The second kappa shape index (κ2) is 4.52. The number of aromatic nitrogens is 1. The highest BCUT2D eigenvalue weighted by atomic mass is 79.9. The Labute approximate surface area is 104 Å². The van der Waals surface area contributed by atoms with Crippen LogP contribution in [0, 0.1) is 0 Å². The minimum Gasteiger partial charge on any atom is -0.361 e. The molecule has 0 fully saturated rings. The van der Waals surface area contributed by atoms with Crippen LogP contribution in [-0.2, 0) is 0 Å². The number of halogens is 4. The molecule has 0 aliphatic carbocycles. The summed E-state index contributed by atoms with van der Waals surface area (Å²) < 4.78 is 37.2. The van der Waals surface area contributed by atoms with Gasteiger partial charge in [0.2, 0.25) is 0 Å². The molecule has 1 heterocycles. The highest BCUT2D eigenvalue weighted by molar-refractivity contribution is 9.10. The monoisotopic (exact) mass is 304 g/mol. The van der Waals surface area contributed by atoms with Crippen LogP contribution in [0.25, 0.3) is 10.8 Å². The number of hydrogen-bond acceptors (Lipinski definition) is 2. The van der Waals surface area contributed by atoms with E-state index in [0.717, 1.165) is 9.86 Å². The number of anilines is 1. The molecule has 0 bridgehead atoms. The Balaban J connectivity index is 2.38. The molecule has 0 saturated carbocycles. The predicted octanol–water partition coefficient (Wildman–Crippen LogP) is 3.97. The van der Waals surface area contributed by atoms with Crippen LogP contribution in [0.1, 0.15) is 0 Å². The van der Waals surface area contributed by atoms with Gasteiger partial charge < -0.3 is 5.32 Å². The molecule has 6 heteroatoms. The molecular weight excluding hydrogens is 297 g/mol. The topological polar surface area (TPSA) is 24.9 Å². The molecule has 90 valence electrons. The molecule has 0 atom stereocenters. The lowest BCUT2D eigenvalue weighted by molar-refractivity contribution is -0.115. The first kappa shape index (κ1) is 12.2. The molecule has 0 unspecified atom stereocenters. The van der Waals surface area contributed by atoms with Gasteiger partial charge >= 0.3 is 6.18 Å². The van der Waals surface area contributed by atoms with E-state index in [1.165, 1.54) is 6.20 Å². The Morgan fingerprint density at radius 1 is 1.18 bits per heavy atom. The minimum atomic E-state index is -4.25. The molecule has 2 rings (SSSR count). The van der Waals surface area contributed by atoms with E-state index in [-0.39, 0.29) is 5.82 Å². The first-order chi connectivity index (χ1) is 7.97. The van der Waals surface area contributed by atoms with E-state index in [1.54, 1.807) is 18.2 Å². The summed E-state index contributed by atoms with van der Waals surface area (Å²) in [6.45, 7) is -1.09. The Kier molecular flexibility index (Phi) is 3.24. The predicted molar refractivity (Wildman–Crippen MR) is 64.0 cm³/mol. The summed E-state index contributed by atoms with van der Waals surface area (Å²) >= 11 is 3.34. The van der Waals surface area contributed by atoms with Gasteiger partial charge in [-0.2, -0.15) is 13.2 Å². The van der Waals surface area contributed by atoms with Crippen LogP contribution in [0.5, 0.6) is 0 Å². The number of nitrogens with one attached hydrogen (secondary N) is 1. The Hall–Kier alpha value is -1.30. The number of fused-ring (bicyclic) bond motifs is 1. The van der Waals surface area contributed by atoms with E-state index in [4.69, 9.17) is 0 Å². The van der Waals surface area contributed by atoms with Crippen molar-refractivity contribution in [2.24, 2.45) is 0 Å². The molecule has 0 saturated heterocycles. The van der Waals surface area contributed by atoms with Crippen molar-refractivity contribution < 1.29 is 13.2 Å². The van der Waals surface area contributed by atoms with Crippen molar-refractivity contribution in [2.45, 2.75) is 6.18 Å². The van der Waals surface area contributed by atoms with Gasteiger partial charge in [-0.1, -0.05) is 28.1 Å². The molecule has 0 spiro atoms. The third-order valence-corrected chi connectivity index (χ3v) is 2.90. The zero-order chi connectivity index (χ0) is 12.5. The maximum Gasteiger partial charge on any atom is 0.405 e. The molecule has 1 aromatic carbocycles. The summed E-state index contributed by atoms with van der Waals surface area (Å²) in [5.41, 5.74) is 0. The molecule has 0 radical (unpaired) electrons. The fraction of sp³-hybridized carbons (Fsp3) is 0.182. The van der Waals surface area contributed by atoms with Crippen molar-refractivity contribution in [2.75, 3.05) is 11.9 Å². The van der Waals surface area contributed by atoms with Gasteiger partial charge in [-0.25, -0.2) is 4.98 Å². The zero-order valence-corrected chi connectivity index (χ0v) is 10.1. The number of rotatable bonds is 2. The van der Waals surface area contributed by atoms with Crippen LogP contribution in [0.4, 0.5) is 19.0 Å². The lowest BCUT2D eigenvalue weighted by atomic mass is 10.1. The van der Waals surface area contributed by atoms with Gasteiger partial charge in [0.1, 0.15) is 12.4 Å². The lowest BCUT2D eigenvalue weighted by Crippen LogP contribution is -2.21. The third-order valence-electron chi connectivity index (χ3n) is 2.21. The van der Waals surface area contributed by atoms with Crippen molar-refractivity contribution in [1.82, 2.24) is 4.98 Å². The number of alkyl halides is 3. The van der Waals surface area contributed by atoms with Gasteiger partial charge in [0.25, 0.3) is 0 Å². The molecule has 1 aromatic heterocycles. The van der Waals surface area contributed by atoms with Crippen LogP contribution < -0.4 is 5.32 Å². The van der Waals surface area contributed by atoms with Crippen molar-refractivity contribution >= 4 is 32.5 Å². The third kappa shape index (κ3) is 2.88. The van der Waals surface area contributed by atoms with Crippen LogP contribution >= 0.6 is 15.9 Å². The van der Waals surface area contributed by atoms with Crippen molar-refractivity contribution in [3.8, 4) is 0 Å². The van der Waals surface area contributed by atoms with E-state index in [1.807, 2.05) is 6.07 Å². The van der Waals surface area contributed by atoms with E-state index < -0.39 is 12.7 Å². The van der Waals surface area contributed by atoms with Gasteiger partial charge in [-0.05, 0) is 12.1 Å². The highest BCUT2D eigenvalue weighted by Gasteiger charge is 2.27. The summed E-state index contributed by atoms with van der Waals surface area (Å²) in [6.07, 6.45) is -2.78. The molecule has 0 amide bonds. The van der Waals surface area contributed by atoms with Crippen LogP contribution in [0.15, 0.2) is 34.9 Å². The Morgan fingerprint density at radius 2 is 1.94 bits per heavy atom. The summed E-state index contributed by atoms with van der Waals surface area (Å²) in [5, 5.41) is 3.78. The van der Waals surface area contributed by atoms with E-state index in [9.17, 15) is 13.2 Å². The summed E-state index contributed by atoms with van der Waals surface area (Å²) in [5.74, 6) is 0.237. The van der Waals surface area contributed by atoms with Gasteiger partial charge in [-0.3, -0.25) is 0 Å².